The fraction of sp³-hybridized carbons (Fsp3) is 0.238. The fourth-order valence-corrected chi connectivity index (χ4v) is 3.23. The van der Waals surface area contributed by atoms with E-state index in [1.807, 2.05) is 0 Å². The van der Waals surface area contributed by atoms with Gasteiger partial charge in [-0.25, -0.2) is 4.79 Å². The van der Waals surface area contributed by atoms with Crippen molar-refractivity contribution in [3.8, 4) is 17.1 Å². The molecular weight excluding hydrogens is 396 g/mol. The average Bonchev–Trinajstić information content (AvgIpc) is 2.74. The molecule has 1 aliphatic rings. The molecule has 0 saturated carbocycles. The van der Waals surface area contributed by atoms with Crippen molar-refractivity contribution < 1.29 is 39.1 Å². The third-order valence-electron chi connectivity index (χ3n) is 4.84. The number of ether oxygens (including phenoxy) is 2. The predicted molar refractivity (Wildman–Crippen MR) is 103 cm³/mol. The molecule has 1 aliphatic heterocycles. The quantitative estimate of drug-likeness (QED) is 0.485. The molecule has 2 heterocycles. The Labute approximate surface area is 169 Å². The summed E-state index contributed by atoms with van der Waals surface area (Å²) in [6.45, 7) is 0. The number of benzene rings is 2. The molecule has 3 aromatic rings. The van der Waals surface area contributed by atoms with Crippen LogP contribution in [0.25, 0.3) is 22.3 Å². The van der Waals surface area contributed by atoms with Gasteiger partial charge in [0.05, 0.1) is 5.39 Å². The number of aliphatic carboxylic acids is 1. The van der Waals surface area contributed by atoms with Crippen LogP contribution >= 0.6 is 0 Å². The van der Waals surface area contributed by atoms with Crippen molar-refractivity contribution in [1.29, 1.82) is 0 Å². The number of para-hydroxylation sites is 1. The van der Waals surface area contributed by atoms with Gasteiger partial charge in [-0.05, 0) is 36.4 Å². The van der Waals surface area contributed by atoms with Crippen LogP contribution in [0.2, 0.25) is 0 Å². The lowest BCUT2D eigenvalue weighted by Gasteiger charge is -2.38. The first-order valence-corrected chi connectivity index (χ1v) is 9.07. The number of fused-ring (bicyclic) bond motifs is 1. The van der Waals surface area contributed by atoms with E-state index in [-0.39, 0.29) is 11.2 Å². The van der Waals surface area contributed by atoms with E-state index in [2.05, 4.69) is 0 Å². The first-order chi connectivity index (χ1) is 14.3. The molecule has 9 nitrogen and oxygen atoms in total. The molecule has 4 rings (SSSR count). The standard InChI is InChI=1S/C21H18O9/c22-13-9-15(29-14-4-2-1-3-12(13)14)10-5-7-11(8-6-10)28-21-18(25)16(23)17(24)19(30-21)20(26)27/h1-9,16-19,21,23-25H,(H,26,27). The van der Waals surface area contributed by atoms with Crippen molar-refractivity contribution in [2.75, 3.05) is 0 Å². The number of hydrogen-bond donors (Lipinski definition) is 4. The number of aliphatic hydroxyl groups is 3. The van der Waals surface area contributed by atoms with E-state index in [1.54, 1.807) is 36.4 Å². The van der Waals surface area contributed by atoms with Crippen LogP contribution in [-0.2, 0) is 9.53 Å². The summed E-state index contributed by atoms with van der Waals surface area (Å²) in [6, 6.07) is 14.5. The monoisotopic (exact) mass is 414 g/mol. The highest BCUT2D eigenvalue weighted by Gasteiger charge is 2.48. The number of carboxylic acid groups (broad SMARTS) is 1. The molecule has 0 spiro atoms. The predicted octanol–water partition coefficient (Wildman–Crippen LogP) is 0.731. The topological polar surface area (TPSA) is 147 Å². The van der Waals surface area contributed by atoms with E-state index in [0.717, 1.165) is 0 Å². The maximum absolute atomic E-state index is 12.3. The van der Waals surface area contributed by atoms with Gasteiger partial charge in [0.2, 0.25) is 6.29 Å². The van der Waals surface area contributed by atoms with Gasteiger partial charge in [0.15, 0.2) is 11.5 Å². The summed E-state index contributed by atoms with van der Waals surface area (Å²) in [4.78, 5) is 23.4. The minimum Gasteiger partial charge on any atom is -0.479 e. The lowest BCUT2D eigenvalue weighted by atomic mass is 9.99. The Morgan fingerprint density at radius 1 is 0.933 bits per heavy atom. The van der Waals surface area contributed by atoms with E-state index < -0.39 is 36.7 Å². The van der Waals surface area contributed by atoms with Crippen LogP contribution in [0.5, 0.6) is 5.75 Å². The third-order valence-corrected chi connectivity index (χ3v) is 4.84. The minimum atomic E-state index is -1.80. The van der Waals surface area contributed by atoms with E-state index >= 15 is 0 Å². The second kappa shape index (κ2) is 7.88. The highest BCUT2D eigenvalue weighted by molar-refractivity contribution is 5.78. The zero-order chi connectivity index (χ0) is 21.4. The summed E-state index contributed by atoms with van der Waals surface area (Å²) in [5.41, 5.74) is 0.860. The first kappa shape index (κ1) is 20.0. The Morgan fingerprint density at radius 3 is 2.33 bits per heavy atom. The van der Waals surface area contributed by atoms with E-state index in [4.69, 9.17) is 19.0 Å². The highest BCUT2D eigenvalue weighted by Crippen LogP contribution is 2.27. The normalized spacial score (nSPS) is 26.4. The number of carboxylic acids is 1. The van der Waals surface area contributed by atoms with Crippen LogP contribution in [0.3, 0.4) is 0 Å². The molecule has 0 bridgehead atoms. The molecule has 1 aromatic heterocycles. The maximum atomic E-state index is 12.3. The second-order valence-corrected chi connectivity index (χ2v) is 6.85. The molecule has 4 N–H and O–H groups in total. The van der Waals surface area contributed by atoms with Gasteiger partial charge < -0.3 is 34.3 Å². The summed E-state index contributed by atoms with van der Waals surface area (Å²) in [5.74, 6) is -0.939. The molecule has 1 fully saturated rings. The average molecular weight is 414 g/mol. The van der Waals surface area contributed by atoms with Crippen LogP contribution in [-0.4, -0.2) is 57.1 Å². The summed E-state index contributed by atoms with van der Waals surface area (Å²) < 4.78 is 16.3. The first-order valence-electron chi connectivity index (χ1n) is 9.07. The molecule has 5 atom stereocenters. The second-order valence-electron chi connectivity index (χ2n) is 6.85. The van der Waals surface area contributed by atoms with Gasteiger partial charge in [0.25, 0.3) is 0 Å². The van der Waals surface area contributed by atoms with Gasteiger partial charge in [0.1, 0.15) is 35.4 Å². The Hall–Kier alpha value is -3.24. The van der Waals surface area contributed by atoms with Crippen molar-refractivity contribution in [2.45, 2.75) is 30.7 Å². The summed E-state index contributed by atoms with van der Waals surface area (Å²) in [7, 11) is 0. The van der Waals surface area contributed by atoms with Gasteiger partial charge in [-0.3, -0.25) is 4.79 Å². The fourth-order valence-electron chi connectivity index (χ4n) is 3.23. The Morgan fingerprint density at radius 2 is 1.63 bits per heavy atom. The summed E-state index contributed by atoms with van der Waals surface area (Å²) in [6.07, 6.45) is -8.46. The van der Waals surface area contributed by atoms with E-state index in [1.165, 1.54) is 18.2 Å². The molecule has 0 aliphatic carbocycles. The van der Waals surface area contributed by atoms with Crippen LogP contribution in [0, 0.1) is 0 Å². The lowest BCUT2D eigenvalue weighted by Crippen LogP contribution is -2.61. The molecule has 0 amide bonds. The van der Waals surface area contributed by atoms with Crippen molar-refractivity contribution in [3.05, 3.63) is 64.8 Å². The molecule has 1 saturated heterocycles. The Bertz CT molecular complexity index is 1120. The molecular formula is C21H18O9. The molecule has 5 unspecified atom stereocenters. The van der Waals surface area contributed by atoms with Crippen molar-refractivity contribution in [1.82, 2.24) is 0 Å². The molecule has 156 valence electrons. The van der Waals surface area contributed by atoms with Crippen LogP contribution < -0.4 is 10.2 Å². The Kier molecular flexibility index (Phi) is 5.27. The number of carbonyl (C=O) groups is 1. The van der Waals surface area contributed by atoms with Gasteiger partial charge in [-0.2, -0.15) is 0 Å². The van der Waals surface area contributed by atoms with Gasteiger partial charge in [-0.1, -0.05) is 12.1 Å². The van der Waals surface area contributed by atoms with Crippen molar-refractivity contribution >= 4 is 16.9 Å². The third kappa shape index (κ3) is 3.66. The van der Waals surface area contributed by atoms with Crippen LogP contribution in [0.1, 0.15) is 0 Å². The van der Waals surface area contributed by atoms with E-state index in [0.29, 0.717) is 22.3 Å². The maximum Gasteiger partial charge on any atom is 0.335 e. The Balaban J connectivity index is 1.55. The van der Waals surface area contributed by atoms with Crippen LogP contribution in [0.15, 0.2) is 63.8 Å². The lowest BCUT2D eigenvalue weighted by molar-refractivity contribution is -0.271. The number of aliphatic hydroxyl groups excluding tert-OH is 3. The smallest absolute Gasteiger partial charge is 0.335 e. The zero-order valence-electron chi connectivity index (χ0n) is 15.4. The van der Waals surface area contributed by atoms with Gasteiger partial charge in [0, 0.05) is 11.6 Å². The molecule has 9 heteroatoms. The molecule has 0 radical (unpaired) electrons. The highest BCUT2D eigenvalue weighted by atomic mass is 16.7. The summed E-state index contributed by atoms with van der Waals surface area (Å²) in [5, 5.41) is 39.2. The van der Waals surface area contributed by atoms with Crippen molar-refractivity contribution in [2.24, 2.45) is 0 Å². The molecule has 2 aromatic carbocycles. The van der Waals surface area contributed by atoms with Crippen LogP contribution in [0.4, 0.5) is 0 Å². The van der Waals surface area contributed by atoms with Gasteiger partial charge >= 0.3 is 5.97 Å². The zero-order valence-corrected chi connectivity index (χ0v) is 15.4. The number of rotatable bonds is 4. The van der Waals surface area contributed by atoms with Gasteiger partial charge in [-0.15, -0.1) is 0 Å². The minimum absolute atomic E-state index is 0.182. The SMILES string of the molecule is O=C(O)C1OC(Oc2ccc(-c3cc(=O)c4ccccc4o3)cc2)C(O)C(O)C1O. The van der Waals surface area contributed by atoms with Crippen molar-refractivity contribution in [3.63, 3.8) is 0 Å². The largest absolute Gasteiger partial charge is 0.479 e. The van der Waals surface area contributed by atoms with E-state index in [9.17, 15) is 24.9 Å². The summed E-state index contributed by atoms with van der Waals surface area (Å²) >= 11 is 0. The molecule has 30 heavy (non-hydrogen) atoms. The number of hydrogen-bond acceptors (Lipinski definition) is 8.